The molecule has 88 valence electrons. The van der Waals surface area contributed by atoms with Crippen LogP contribution in [0.5, 0.6) is 0 Å². The molecule has 7 heteroatoms. The van der Waals surface area contributed by atoms with Gasteiger partial charge in [-0.15, -0.1) is 0 Å². The standard InChI is InChI=1S/C8H18O4S.Na.H2O/c1-2-3-4-5-6-7-8-12-13(9,10)11;;/h2-8H2,1H3,(H,9,10,11);;1H2/q;+1;/p-1. The Bertz CT molecular complexity index is 205. The van der Waals surface area contributed by atoms with E-state index < -0.39 is 10.4 Å². The van der Waals surface area contributed by atoms with E-state index in [1.165, 1.54) is 19.3 Å². The van der Waals surface area contributed by atoms with Gasteiger partial charge in [0.2, 0.25) is 10.4 Å². The number of rotatable bonds is 8. The summed E-state index contributed by atoms with van der Waals surface area (Å²) in [5.74, 6) is 0. The molecule has 5 nitrogen and oxygen atoms in total. The molecule has 0 aromatic heterocycles. The maximum Gasteiger partial charge on any atom is 1.00 e. The van der Waals surface area contributed by atoms with Crippen LogP contribution >= 0.6 is 0 Å². The molecule has 0 rings (SSSR count). The Hall–Kier alpha value is 0.830. The second-order valence-corrected chi connectivity index (χ2v) is 4.05. The first-order valence-electron chi connectivity index (χ1n) is 4.66. The average molecular weight is 250 g/mol. The van der Waals surface area contributed by atoms with Gasteiger partial charge in [0, 0.05) is 0 Å². The fraction of sp³-hybridized carbons (Fsp3) is 1.00. The first kappa shape index (κ1) is 21.1. The second-order valence-electron chi connectivity index (χ2n) is 3.00. The van der Waals surface area contributed by atoms with Crippen LogP contribution < -0.4 is 29.6 Å². The molecule has 15 heavy (non-hydrogen) atoms. The summed E-state index contributed by atoms with van der Waals surface area (Å²) in [5, 5.41) is 0. The second kappa shape index (κ2) is 12.9. The smallest absolute Gasteiger partial charge is 0.726 e. The van der Waals surface area contributed by atoms with Crippen LogP contribution in [0.3, 0.4) is 0 Å². The molecule has 0 unspecified atom stereocenters. The SMILES string of the molecule is CCCCCCCCOS(=O)(=O)[O-].O.[Na+]. The third-order valence-electron chi connectivity index (χ3n) is 1.73. The molecule has 0 fully saturated rings. The monoisotopic (exact) mass is 250 g/mol. The van der Waals surface area contributed by atoms with E-state index in [0.29, 0.717) is 6.42 Å². The van der Waals surface area contributed by atoms with E-state index in [1.54, 1.807) is 0 Å². The van der Waals surface area contributed by atoms with Crippen molar-refractivity contribution < 1.29 is 52.2 Å². The summed E-state index contributed by atoms with van der Waals surface area (Å²) in [5.41, 5.74) is 0. The van der Waals surface area contributed by atoms with Crippen molar-refractivity contribution in [2.75, 3.05) is 6.61 Å². The topological polar surface area (TPSA) is 97.9 Å². The minimum Gasteiger partial charge on any atom is -0.726 e. The molecule has 0 aliphatic heterocycles. The van der Waals surface area contributed by atoms with Crippen molar-refractivity contribution in [2.24, 2.45) is 0 Å². The molecule has 0 saturated heterocycles. The van der Waals surface area contributed by atoms with Gasteiger partial charge in [-0.1, -0.05) is 39.0 Å². The minimum atomic E-state index is -4.47. The molecule has 0 heterocycles. The Morgan fingerprint density at radius 1 is 1.07 bits per heavy atom. The van der Waals surface area contributed by atoms with E-state index in [9.17, 15) is 13.0 Å². The van der Waals surface area contributed by atoms with Crippen molar-refractivity contribution in [2.45, 2.75) is 45.4 Å². The molecule has 0 radical (unpaired) electrons. The van der Waals surface area contributed by atoms with Crippen molar-refractivity contribution in [3.63, 3.8) is 0 Å². The minimum absolute atomic E-state index is 0. The quantitative estimate of drug-likeness (QED) is 0.215. The normalized spacial score (nSPS) is 10.3. The summed E-state index contributed by atoms with van der Waals surface area (Å²) in [7, 11) is -4.47. The summed E-state index contributed by atoms with van der Waals surface area (Å²) < 4.78 is 34.0. The zero-order valence-electron chi connectivity index (χ0n) is 9.49. The van der Waals surface area contributed by atoms with Gasteiger partial charge in [-0.05, 0) is 6.42 Å². The molecule has 0 amide bonds. The van der Waals surface area contributed by atoms with Gasteiger partial charge in [0.05, 0.1) is 6.61 Å². The number of hydrogen-bond donors (Lipinski definition) is 0. The van der Waals surface area contributed by atoms with Crippen LogP contribution in [0.1, 0.15) is 45.4 Å². The Morgan fingerprint density at radius 3 is 2.00 bits per heavy atom. The number of unbranched alkanes of at least 4 members (excludes halogenated alkanes) is 5. The van der Waals surface area contributed by atoms with Crippen molar-refractivity contribution in [1.82, 2.24) is 0 Å². The Labute approximate surface area is 114 Å². The predicted molar refractivity (Wildman–Crippen MR) is 52.6 cm³/mol. The molecule has 0 atom stereocenters. The molecule has 0 bridgehead atoms. The zero-order valence-corrected chi connectivity index (χ0v) is 12.3. The van der Waals surface area contributed by atoms with Gasteiger partial charge >= 0.3 is 29.6 Å². The molecule has 2 N–H and O–H groups in total. The van der Waals surface area contributed by atoms with E-state index in [0.717, 1.165) is 12.8 Å². The Kier molecular flexibility index (Phi) is 18.2. The van der Waals surface area contributed by atoms with Gasteiger partial charge in [-0.2, -0.15) is 0 Å². The van der Waals surface area contributed by atoms with E-state index in [-0.39, 0.29) is 41.6 Å². The van der Waals surface area contributed by atoms with Crippen LogP contribution in [0, 0.1) is 0 Å². The molecule has 0 aliphatic rings. The zero-order chi connectivity index (χ0) is 10.2. The Balaban J connectivity index is -0.000000720. The van der Waals surface area contributed by atoms with Crippen LogP contribution in [-0.4, -0.2) is 25.1 Å². The summed E-state index contributed by atoms with van der Waals surface area (Å²) in [4.78, 5) is 0. The molecular formula is C8H19NaO5S. The first-order chi connectivity index (χ1) is 6.06. The molecular weight excluding hydrogens is 231 g/mol. The van der Waals surface area contributed by atoms with E-state index >= 15 is 0 Å². The average Bonchev–Trinajstić information content (AvgIpc) is 2.01. The summed E-state index contributed by atoms with van der Waals surface area (Å²) in [6, 6.07) is 0. The van der Waals surface area contributed by atoms with Gasteiger partial charge in [0.1, 0.15) is 0 Å². The van der Waals surface area contributed by atoms with Crippen LogP contribution in [0.15, 0.2) is 0 Å². The molecule has 0 aromatic carbocycles. The maximum atomic E-state index is 9.99. The summed E-state index contributed by atoms with van der Waals surface area (Å²) >= 11 is 0. The Morgan fingerprint density at radius 2 is 1.53 bits per heavy atom. The largest absolute Gasteiger partial charge is 1.00 e. The van der Waals surface area contributed by atoms with E-state index in [4.69, 9.17) is 0 Å². The summed E-state index contributed by atoms with van der Waals surface area (Å²) in [6.07, 6.45) is 6.21. The van der Waals surface area contributed by atoms with Gasteiger partial charge < -0.3 is 10.0 Å². The third-order valence-corrected chi connectivity index (χ3v) is 2.18. The number of hydrogen-bond acceptors (Lipinski definition) is 4. The van der Waals surface area contributed by atoms with Crippen LogP contribution in [0.2, 0.25) is 0 Å². The third kappa shape index (κ3) is 20.8. The molecule has 0 spiro atoms. The summed E-state index contributed by atoms with van der Waals surface area (Å²) in [6.45, 7) is 2.16. The van der Waals surface area contributed by atoms with Crippen LogP contribution in [0.25, 0.3) is 0 Å². The maximum absolute atomic E-state index is 9.99. The molecule has 0 aromatic rings. The molecule has 0 saturated carbocycles. The van der Waals surface area contributed by atoms with Gasteiger partial charge in [0.25, 0.3) is 0 Å². The molecule has 0 aliphatic carbocycles. The van der Waals surface area contributed by atoms with Crippen LogP contribution in [0.4, 0.5) is 0 Å². The van der Waals surface area contributed by atoms with Gasteiger partial charge in [-0.25, -0.2) is 8.42 Å². The van der Waals surface area contributed by atoms with Gasteiger partial charge in [-0.3, -0.25) is 4.18 Å². The van der Waals surface area contributed by atoms with Crippen molar-refractivity contribution in [3.8, 4) is 0 Å². The predicted octanol–water partition coefficient (Wildman–Crippen LogP) is -2.00. The fourth-order valence-corrected chi connectivity index (χ4v) is 1.37. The van der Waals surface area contributed by atoms with E-state index in [2.05, 4.69) is 11.1 Å². The fourth-order valence-electron chi connectivity index (χ4n) is 1.04. The van der Waals surface area contributed by atoms with E-state index in [1.807, 2.05) is 0 Å². The van der Waals surface area contributed by atoms with Crippen molar-refractivity contribution >= 4 is 10.4 Å². The van der Waals surface area contributed by atoms with Crippen molar-refractivity contribution in [1.29, 1.82) is 0 Å². The van der Waals surface area contributed by atoms with Gasteiger partial charge in [0.15, 0.2) is 0 Å². The first-order valence-corrected chi connectivity index (χ1v) is 6.00. The van der Waals surface area contributed by atoms with Crippen LogP contribution in [-0.2, 0) is 14.6 Å². The van der Waals surface area contributed by atoms with Crippen molar-refractivity contribution in [3.05, 3.63) is 0 Å².